The molecule has 2 aromatic carbocycles. The molecule has 9 heteroatoms. The number of methoxy groups -OCH3 is 2. The van der Waals surface area contributed by atoms with E-state index in [1.807, 2.05) is 13.8 Å². The summed E-state index contributed by atoms with van der Waals surface area (Å²) >= 11 is 0. The van der Waals surface area contributed by atoms with Crippen LogP contribution < -0.4 is 15.2 Å². The molecule has 3 rings (SSSR count). The number of phenolic OH excluding ortho intramolecular Hbond substituents is 2. The second-order valence-corrected chi connectivity index (χ2v) is 6.67. The number of ether oxygens (including phenoxy) is 2. The van der Waals surface area contributed by atoms with Crippen LogP contribution in [0, 0.1) is 0 Å². The number of amides is 1. The van der Waals surface area contributed by atoms with E-state index in [9.17, 15) is 15.0 Å². The molecule has 1 aromatic heterocycles. The fraction of sp³-hybridized carbons (Fsp3) is 0.250. The highest BCUT2D eigenvalue weighted by atomic mass is 16.5. The number of aromatic nitrogens is 3. The van der Waals surface area contributed by atoms with Crippen LogP contribution in [-0.2, 0) is 0 Å². The molecule has 0 aliphatic rings. The summed E-state index contributed by atoms with van der Waals surface area (Å²) in [7, 11) is 3.00. The molecule has 0 aliphatic carbocycles. The predicted molar refractivity (Wildman–Crippen MR) is 106 cm³/mol. The van der Waals surface area contributed by atoms with Gasteiger partial charge in [0.1, 0.15) is 23.0 Å². The van der Waals surface area contributed by atoms with Crippen LogP contribution in [0.5, 0.6) is 23.0 Å². The maximum absolute atomic E-state index is 12.0. The minimum Gasteiger partial charge on any atom is -0.508 e. The molecule has 1 amide bonds. The largest absolute Gasteiger partial charge is 0.508 e. The van der Waals surface area contributed by atoms with Gasteiger partial charge in [-0.1, -0.05) is 13.8 Å². The van der Waals surface area contributed by atoms with Crippen LogP contribution in [0.3, 0.4) is 0 Å². The van der Waals surface area contributed by atoms with Crippen LogP contribution in [0.4, 0.5) is 0 Å². The van der Waals surface area contributed by atoms with E-state index in [4.69, 9.17) is 15.2 Å². The normalized spacial score (nSPS) is 10.9. The van der Waals surface area contributed by atoms with Crippen molar-refractivity contribution in [2.45, 2.75) is 19.8 Å². The Hall–Kier alpha value is -3.75. The quantitative estimate of drug-likeness (QED) is 0.581. The van der Waals surface area contributed by atoms with Crippen LogP contribution in [0.15, 0.2) is 30.3 Å². The summed E-state index contributed by atoms with van der Waals surface area (Å²) in [6, 6.07) is 7.83. The van der Waals surface area contributed by atoms with Gasteiger partial charge in [-0.3, -0.25) is 9.36 Å². The van der Waals surface area contributed by atoms with Crippen molar-refractivity contribution in [1.82, 2.24) is 14.8 Å². The van der Waals surface area contributed by atoms with Crippen LogP contribution in [0.2, 0.25) is 0 Å². The first-order chi connectivity index (χ1) is 13.8. The van der Waals surface area contributed by atoms with Crippen LogP contribution >= 0.6 is 0 Å². The van der Waals surface area contributed by atoms with Gasteiger partial charge in [0.2, 0.25) is 5.82 Å². The lowest BCUT2D eigenvalue weighted by Gasteiger charge is -2.16. The molecular formula is C20H22N4O5. The summed E-state index contributed by atoms with van der Waals surface area (Å²) in [5, 5.41) is 28.6. The minimum absolute atomic E-state index is 0.0168. The van der Waals surface area contributed by atoms with Gasteiger partial charge in [-0.2, -0.15) is 0 Å². The molecule has 0 aliphatic heterocycles. The van der Waals surface area contributed by atoms with Gasteiger partial charge in [0.25, 0.3) is 5.91 Å². The highest BCUT2D eigenvalue weighted by molar-refractivity contribution is 5.91. The first kappa shape index (κ1) is 20.0. The van der Waals surface area contributed by atoms with E-state index in [2.05, 4.69) is 10.2 Å². The second kappa shape index (κ2) is 7.70. The van der Waals surface area contributed by atoms with Crippen molar-refractivity contribution in [2.24, 2.45) is 5.73 Å². The molecule has 0 spiro atoms. The van der Waals surface area contributed by atoms with E-state index >= 15 is 0 Å². The number of carbonyl (C=O) groups is 1. The van der Waals surface area contributed by atoms with Gasteiger partial charge in [0.05, 0.1) is 25.5 Å². The van der Waals surface area contributed by atoms with E-state index in [0.717, 1.165) is 0 Å². The number of carbonyl (C=O) groups excluding carboxylic acids is 1. The van der Waals surface area contributed by atoms with Gasteiger partial charge in [0.15, 0.2) is 5.82 Å². The Kier molecular flexibility index (Phi) is 5.31. The van der Waals surface area contributed by atoms with Gasteiger partial charge in [0, 0.05) is 12.1 Å². The van der Waals surface area contributed by atoms with Gasteiger partial charge in [-0.05, 0) is 29.7 Å². The van der Waals surface area contributed by atoms with Gasteiger partial charge in [-0.15, -0.1) is 10.2 Å². The van der Waals surface area contributed by atoms with Gasteiger partial charge < -0.3 is 25.4 Å². The molecule has 1 heterocycles. The molecule has 0 saturated heterocycles. The number of nitrogens with zero attached hydrogens (tertiary/aromatic N) is 3. The number of nitrogens with two attached hydrogens (primary N) is 1. The van der Waals surface area contributed by atoms with Crippen LogP contribution in [0.25, 0.3) is 17.1 Å². The summed E-state index contributed by atoms with van der Waals surface area (Å²) in [5.74, 6) is -0.108. The third-order valence-electron chi connectivity index (χ3n) is 4.52. The molecule has 0 saturated carbocycles. The fourth-order valence-electron chi connectivity index (χ4n) is 3.05. The SMILES string of the molecule is COc1ccc(-n2c(C(N)=O)nnc2-c2cc(C(C)C)c(O)cc2O)c(OC)c1. The average molecular weight is 398 g/mol. The molecule has 0 fully saturated rings. The monoisotopic (exact) mass is 398 g/mol. The van der Waals surface area contributed by atoms with Crippen molar-refractivity contribution in [3.8, 4) is 40.1 Å². The zero-order valence-corrected chi connectivity index (χ0v) is 16.5. The Morgan fingerprint density at radius 1 is 1.07 bits per heavy atom. The summed E-state index contributed by atoms with van der Waals surface area (Å²) in [6.45, 7) is 3.81. The fourth-order valence-corrected chi connectivity index (χ4v) is 3.05. The zero-order chi connectivity index (χ0) is 21.3. The number of hydrogen-bond donors (Lipinski definition) is 3. The molecule has 3 aromatic rings. The van der Waals surface area contributed by atoms with Crippen molar-refractivity contribution in [1.29, 1.82) is 0 Å². The van der Waals surface area contributed by atoms with Crippen molar-refractivity contribution in [2.75, 3.05) is 14.2 Å². The third kappa shape index (κ3) is 3.54. The molecule has 0 bridgehead atoms. The number of aromatic hydroxyl groups is 2. The lowest BCUT2D eigenvalue weighted by Crippen LogP contribution is -2.18. The summed E-state index contributed by atoms with van der Waals surface area (Å²) in [4.78, 5) is 12.0. The van der Waals surface area contributed by atoms with E-state index < -0.39 is 5.91 Å². The molecule has 0 atom stereocenters. The van der Waals surface area contributed by atoms with E-state index in [1.165, 1.54) is 24.9 Å². The first-order valence-corrected chi connectivity index (χ1v) is 8.82. The highest BCUT2D eigenvalue weighted by Gasteiger charge is 2.25. The Bertz CT molecular complexity index is 1070. The van der Waals surface area contributed by atoms with Gasteiger partial charge in [-0.25, -0.2) is 0 Å². The lowest BCUT2D eigenvalue weighted by atomic mass is 9.98. The topological polar surface area (TPSA) is 133 Å². The summed E-state index contributed by atoms with van der Waals surface area (Å²) < 4.78 is 12.1. The molecular weight excluding hydrogens is 376 g/mol. The molecule has 9 nitrogen and oxygen atoms in total. The standard InChI is InChI=1S/C20H22N4O5/c1-10(2)12-8-13(16(26)9-15(12)25)19-22-23-20(18(21)27)24(19)14-6-5-11(28-3)7-17(14)29-4/h5-10,25-26H,1-4H3,(H2,21,27). The first-order valence-electron chi connectivity index (χ1n) is 8.82. The van der Waals surface area contributed by atoms with Crippen molar-refractivity contribution >= 4 is 5.91 Å². The zero-order valence-electron chi connectivity index (χ0n) is 16.5. The molecule has 29 heavy (non-hydrogen) atoms. The van der Waals surface area contributed by atoms with Crippen molar-refractivity contribution < 1.29 is 24.5 Å². The highest BCUT2D eigenvalue weighted by Crippen LogP contribution is 2.39. The number of benzene rings is 2. The maximum Gasteiger partial charge on any atom is 0.287 e. The molecule has 0 radical (unpaired) electrons. The van der Waals surface area contributed by atoms with Crippen LogP contribution in [-0.4, -0.2) is 45.1 Å². The third-order valence-corrected chi connectivity index (χ3v) is 4.52. The minimum atomic E-state index is -0.802. The molecule has 4 N–H and O–H groups in total. The number of primary amides is 1. The lowest BCUT2D eigenvalue weighted by molar-refractivity contribution is 0.0988. The van der Waals surface area contributed by atoms with E-state index in [0.29, 0.717) is 22.7 Å². The maximum atomic E-state index is 12.0. The van der Waals surface area contributed by atoms with E-state index in [-0.39, 0.29) is 34.6 Å². The average Bonchev–Trinajstić information content (AvgIpc) is 3.12. The smallest absolute Gasteiger partial charge is 0.287 e. The van der Waals surface area contributed by atoms with Crippen molar-refractivity contribution in [3.05, 3.63) is 41.7 Å². The van der Waals surface area contributed by atoms with Crippen molar-refractivity contribution in [3.63, 3.8) is 0 Å². The van der Waals surface area contributed by atoms with Crippen LogP contribution in [0.1, 0.15) is 35.9 Å². The Morgan fingerprint density at radius 2 is 1.79 bits per heavy atom. The number of phenols is 2. The van der Waals surface area contributed by atoms with Gasteiger partial charge >= 0.3 is 0 Å². The summed E-state index contributed by atoms with van der Waals surface area (Å²) in [5.41, 5.74) is 6.82. The van der Waals surface area contributed by atoms with E-state index in [1.54, 1.807) is 24.3 Å². The Morgan fingerprint density at radius 3 is 2.38 bits per heavy atom. The molecule has 0 unspecified atom stereocenters. The number of rotatable bonds is 6. The molecule has 152 valence electrons. The Labute approximate surface area is 167 Å². The second-order valence-electron chi connectivity index (χ2n) is 6.67. The number of hydrogen-bond acceptors (Lipinski definition) is 7. The Balaban J connectivity index is 2.33. The predicted octanol–water partition coefficient (Wildman–Crippen LogP) is 2.59. The summed E-state index contributed by atoms with van der Waals surface area (Å²) in [6.07, 6.45) is 0.